The monoisotopic (exact) mass is 244 g/mol. The predicted molar refractivity (Wildman–Crippen MR) is 69.2 cm³/mol. The van der Waals surface area contributed by atoms with Crippen molar-refractivity contribution in [2.24, 2.45) is 0 Å². The fourth-order valence-electron chi connectivity index (χ4n) is 1.88. The molecule has 0 aliphatic heterocycles. The quantitative estimate of drug-likeness (QED) is 0.883. The summed E-state index contributed by atoms with van der Waals surface area (Å²) in [5, 5.41) is 13.0. The molecule has 2 rings (SSSR count). The van der Waals surface area contributed by atoms with Crippen LogP contribution in [0.5, 0.6) is 0 Å². The third kappa shape index (κ3) is 2.27. The van der Waals surface area contributed by atoms with E-state index in [1.807, 2.05) is 24.3 Å². The minimum Gasteiger partial charge on any atom is -0.476 e. The summed E-state index contributed by atoms with van der Waals surface area (Å²) < 4.78 is 1.62. The lowest BCUT2D eigenvalue weighted by atomic mass is 9.86. The normalized spacial score (nSPS) is 11.5. The molecule has 0 aliphatic carbocycles. The third-order valence-corrected chi connectivity index (χ3v) is 2.77. The Balaban J connectivity index is 2.53. The topological polar surface area (TPSA) is 55.1 Å². The van der Waals surface area contributed by atoms with Gasteiger partial charge in [-0.2, -0.15) is 5.10 Å². The Morgan fingerprint density at radius 1 is 1.22 bits per heavy atom. The summed E-state index contributed by atoms with van der Waals surface area (Å²) in [4.78, 5) is 10.9. The molecule has 18 heavy (non-hydrogen) atoms. The van der Waals surface area contributed by atoms with Crippen LogP contribution in [0.4, 0.5) is 0 Å². The van der Waals surface area contributed by atoms with Gasteiger partial charge in [-0.3, -0.25) is 0 Å². The number of nitrogens with zero attached hydrogens (tertiary/aromatic N) is 2. The van der Waals surface area contributed by atoms with Gasteiger partial charge in [0.2, 0.25) is 0 Å². The van der Waals surface area contributed by atoms with Gasteiger partial charge in [0.1, 0.15) is 0 Å². The molecule has 0 unspecified atom stereocenters. The number of benzene rings is 1. The fourth-order valence-corrected chi connectivity index (χ4v) is 1.88. The standard InChI is InChI=1S/C14H16N2O2/c1-14(2,3)10-6-4-5-7-12(10)16-9-8-11(15-16)13(17)18/h4-9H,1-3H3,(H,17,18). The van der Waals surface area contributed by atoms with Crippen LogP contribution in [-0.4, -0.2) is 20.9 Å². The molecule has 1 aromatic heterocycles. The maximum Gasteiger partial charge on any atom is 0.356 e. The van der Waals surface area contributed by atoms with Crippen molar-refractivity contribution >= 4 is 5.97 Å². The maximum atomic E-state index is 10.9. The summed E-state index contributed by atoms with van der Waals surface area (Å²) in [6.45, 7) is 6.36. The molecule has 1 heterocycles. The fraction of sp³-hybridized carbons (Fsp3) is 0.286. The first-order chi connectivity index (χ1) is 8.39. The zero-order valence-electron chi connectivity index (χ0n) is 10.7. The van der Waals surface area contributed by atoms with Gasteiger partial charge in [0.05, 0.1) is 5.69 Å². The zero-order valence-corrected chi connectivity index (χ0v) is 10.7. The number of rotatable bonds is 2. The largest absolute Gasteiger partial charge is 0.476 e. The highest BCUT2D eigenvalue weighted by Crippen LogP contribution is 2.27. The lowest BCUT2D eigenvalue weighted by Gasteiger charge is -2.22. The molecule has 0 atom stereocenters. The van der Waals surface area contributed by atoms with E-state index in [2.05, 4.69) is 25.9 Å². The van der Waals surface area contributed by atoms with Crippen molar-refractivity contribution in [1.29, 1.82) is 0 Å². The summed E-state index contributed by atoms with van der Waals surface area (Å²) in [6.07, 6.45) is 1.67. The van der Waals surface area contributed by atoms with Crippen molar-refractivity contribution in [3.05, 3.63) is 47.8 Å². The number of hydrogen-bond acceptors (Lipinski definition) is 2. The van der Waals surface area contributed by atoms with Crippen LogP contribution >= 0.6 is 0 Å². The van der Waals surface area contributed by atoms with Gasteiger partial charge in [0.15, 0.2) is 5.69 Å². The summed E-state index contributed by atoms with van der Waals surface area (Å²) in [5.74, 6) is -1.01. The first-order valence-corrected chi connectivity index (χ1v) is 5.78. The van der Waals surface area contributed by atoms with Crippen LogP contribution in [0.15, 0.2) is 36.5 Å². The molecule has 0 radical (unpaired) electrons. The SMILES string of the molecule is CC(C)(C)c1ccccc1-n1ccc(C(=O)O)n1. The molecule has 0 aliphatic rings. The van der Waals surface area contributed by atoms with E-state index in [9.17, 15) is 4.79 Å². The van der Waals surface area contributed by atoms with Gasteiger partial charge in [-0.05, 0) is 23.1 Å². The van der Waals surface area contributed by atoms with Gasteiger partial charge < -0.3 is 5.11 Å². The van der Waals surface area contributed by atoms with Crippen LogP contribution in [-0.2, 0) is 5.41 Å². The van der Waals surface area contributed by atoms with E-state index in [4.69, 9.17) is 5.11 Å². The van der Waals surface area contributed by atoms with Crippen LogP contribution in [0.3, 0.4) is 0 Å². The second-order valence-corrected chi connectivity index (χ2v) is 5.22. The van der Waals surface area contributed by atoms with E-state index >= 15 is 0 Å². The second kappa shape index (κ2) is 4.29. The molecule has 0 saturated carbocycles. The van der Waals surface area contributed by atoms with E-state index < -0.39 is 5.97 Å². The van der Waals surface area contributed by atoms with Gasteiger partial charge in [0, 0.05) is 6.20 Å². The van der Waals surface area contributed by atoms with Gasteiger partial charge in [0.25, 0.3) is 0 Å². The van der Waals surface area contributed by atoms with Crippen LogP contribution in [0, 0.1) is 0 Å². The molecular weight excluding hydrogens is 228 g/mol. The average molecular weight is 244 g/mol. The first kappa shape index (κ1) is 12.4. The molecule has 0 bridgehead atoms. The molecule has 0 amide bonds. The Morgan fingerprint density at radius 2 is 1.89 bits per heavy atom. The van der Waals surface area contributed by atoms with Crippen LogP contribution < -0.4 is 0 Å². The second-order valence-electron chi connectivity index (χ2n) is 5.22. The minimum absolute atomic E-state index is 0.0219. The molecule has 94 valence electrons. The first-order valence-electron chi connectivity index (χ1n) is 5.78. The van der Waals surface area contributed by atoms with Crippen molar-refractivity contribution in [3.8, 4) is 5.69 Å². The molecule has 0 fully saturated rings. The van der Waals surface area contributed by atoms with Crippen LogP contribution in [0.25, 0.3) is 5.69 Å². The molecule has 0 spiro atoms. The van der Waals surface area contributed by atoms with Crippen molar-refractivity contribution in [3.63, 3.8) is 0 Å². The third-order valence-electron chi connectivity index (χ3n) is 2.77. The Bertz CT molecular complexity index is 579. The van der Waals surface area contributed by atoms with Gasteiger partial charge >= 0.3 is 5.97 Å². The average Bonchev–Trinajstić information content (AvgIpc) is 2.77. The summed E-state index contributed by atoms with van der Waals surface area (Å²) in [6, 6.07) is 9.39. The van der Waals surface area contributed by atoms with E-state index in [-0.39, 0.29) is 11.1 Å². The summed E-state index contributed by atoms with van der Waals surface area (Å²) >= 11 is 0. The number of para-hydroxylation sites is 1. The summed E-state index contributed by atoms with van der Waals surface area (Å²) in [5.41, 5.74) is 2.08. The Labute approximate surface area is 106 Å². The number of carboxylic acid groups (broad SMARTS) is 1. The number of aromatic nitrogens is 2. The highest BCUT2D eigenvalue weighted by Gasteiger charge is 2.19. The highest BCUT2D eigenvalue weighted by molar-refractivity contribution is 5.85. The molecular formula is C14H16N2O2. The van der Waals surface area contributed by atoms with E-state index in [1.165, 1.54) is 6.07 Å². The van der Waals surface area contributed by atoms with E-state index in [0.29, 0.717) is 0 Å². The molecule has 1 aromatic carbocycles. The van der Waals surface area contributed by atoms with E-state index in [0.717, 1.165) is 11.3 Å². The molecule has 1 N–H and O–H groups in total. The van der Waals surface area contributed by atoms with Gasteiger partial charge in [-0.25, -0.2) is 9.48 Å². The smallest absolute Gasteiger partial charge is 0.356 e. The summed E-state index contributed by atoms with van der Waals surface area (Å²) in [7, 11) is 0. The van der Waals surface area contributed by atoms with Crippen LogP contribution in [0.2, 0.25) is 0 Å². The van der Waals surface area contributed by atoms with E-state index in [1.54, 1.807) is 10.9 Å². The lowest BCUT2D eigenvalue weighted by Crippen LogP contribution is -2.15. The Kier molecular flexibility index (Phi) is 2.95. The minimum atomic E-state index is -1.01. The predicted octanol–water partition coefficient (Wildman–Crippen LogP) is 2.87. The molecule has 4 nitrogen and oxygen atoms in total. The Hall–Kier alpha value is -2.10. The van der Waals surface area contributed by atoms with Crippen molar-refractivity contribution in [2.75, 3.05) is 0 Å². The van der Waals surface area contributed by atoms with Gasteiger partial charge in [-0.15, -0.1) is 0 Å². The number of aromatic carboxylic acids is 1. The number of hydrogen-bond donors (Lipinski definition) is 1. The lowest BCUT2D eigenvalue weighted by molar-refractivity contribution is 0.0690. The van der Waals surface area contributed by atoms with Gasteiger partial charge in [-0.1, -0.05) is 39.0 Å². The molecule has 0 saturated heterocycles. The van der Waals surface area contributed by atoms with Crippen molar-refractivity contribution in [1.82, 2.24) is 9.78 Å². The maximum absolute atomic E-state index is 10.9. The van der Waals surface area contributed by atoms with Crippen LogP contribution in [0.1, 0.15) is 36.8 Å². The van der Waals surface area contributed by atoms with Crippen molar-refractivity contribution in [2.45, 2.75) is 26.2 Å². The number of carbonyl (C=O) groups is 1. The number of carboxylic acids is 1. The Morgan fingerprint density at radius 3 is 2.44 bits per heavy atom. The zero-order chi connectivity index (χ0) is 13.3. The molecule has 4 heteroatoms. The molecule has 2 aromatic rings. The highest BCUT2D eigenvalue weighted by atomic mass is 16.4. The van der Waals surface area contributed by atoms with Crippen molar-refractivity contribution < 1.29 is 9.90 Å².